The first-order valence-electron chi connectivity index (χ1n) is 3.98. The van der Waals surface area contributed by atoms with Crippen LogP contribution < -0.4 is 0 Å². The van der Waals surface area contributed by atoms with Gasteiger partial charge in [-0.1, -0.05) is 24.3 Å². The van der Waals surface area contributed by atoms with Gasteiger partial charge in [0.15, 0.2) is 5.05 Å². The number of allylic oxidation sites excluding steroid dienone is 1. The van der Waals surface area contributed by atoms with Crippen LogP contribution in [-0.4, -0.2) is 15.5 Å². The summed E-state index contributed by atoms with van der Waals surface area (Å²) in [6.07, 6.45) is 5.28. The fraction of sp³-hybridized carbons (Fsp3) is 0.100. The highest BCUT2D eigenvalue weighted by molar-refractivity contribution is 7.80. The SMILES string of the molecule is [Si]OC(=S)c1ccc2c(c1)C=CC2. The molecule has 2 rings (SSSR count). The number of hydrogen-bond donors (Lipinski definition) is 0. The smallest absolute Gasteiger partial charge is 0.342 e. The molecule has 0 aromatic heterocycles. The minimum absolute atomic E-state index is 0.472. The molecule has 1 aromatic carbocycles. The summed E-state index contributed by atoms with van der Waals surface area (Å²) in [6, 6.07) is 6.11. The molecule has 13 heavy (non-hydrogen) atoms. The van der Waals surface area contributed by atoms with Crippen molar-refractivity contribution >= 4 is 33.8 Å². The Morgan fingerprint density at radius 1 is 1.46 bits per heavy atom. The minimum atomic E-state index is 0.472. The van der Waals surface area contributed by atoms with Crippen LogP contribution in [0.25, 0.3) is 6.08 Å². The number of hydrogen-bond acceptors (Lipinski definition) is 2. The number of rotatable bonds is 1. The largest absolute Gasteiger partial charge is 0.533 e. The Kier molecular flexibility index (Phi) is 2.29. The summed E-state index contributed by atoms with van der Waals surface area (Å²) in [5, 5.41) is 0.472. The molecule has 0 fully saturated rings. The quantitative estimate of drug-likeness (QED) is 0.510. The van der Waals surface area contributed by atoms with E-state index in [0.29, 0.717) is 5.05 Å². The van der Waals surface area contributed by atoms with Crippen molar-refractivity contribution in [1.82, 2.24) is 0 Å². The third-order valence-electron chi connectivity index (χ3n) is 2.11. The van der Waals surface area contributed by atoms with Gasteiger partial charge in [-0.05, 0) is 35.8 Å². The van der Waals surface area contributed by atoms with Gasteiger partial charge in [-0.15, -0.1) is 0 Å². The summed E-state index contributed by atoms with van der Waals surface area (Å²) in [4.78, 5) is 0. The monoisotopic (exact) mass is 203 g/mol. The molecule has 1 aromatic rings. The summed E-state index contributed by atoms with van der Waals surface area (Å²) in [7, 11) is 2.92. The van der Waals surface area contributed by atoms with Gasteiger partial charge in [-0.25, -0.2) is 0 Å². The van der Waals surface area contributed by atoms with E-state index < -0.39 is 0 Å². The lowest BCUT2D eigenvalue weighted by Gasteiger charge is -2.04. The summed E-state index contributed by atoms with van der Waals surface area (Å²) in [5.74, 6) is 0. The first-order chi connectivity index (χ1) is 6.31. The van der Waals surface area contributed by atoms with Gasteiger partial charge in [0.05, 0.1) is 0 Å². The molecule has 3 heteroatoms. The average molecular weight is 203 g/mol. The van der Waals surface area contributed by atoms with Gasteiger partial charge < -0.3 is 4.43 Å². The number of fused-ring (bicyclic) bond motifs is 1. The highest BCUT2D eigenvalue weighted by atomic mass is 32.1. The summed E-state index contributed by atoms with van der Waals surface area (Å²) in [5.41, 5.74) is 3.53. The Bertz CT molecular complexity index is 385. The second kappa shape index (κ2) is 3.44. The van der Waals surface area contributed by atoms with Crippen molar-refractivity contribution in [3.8, 4) is 0 Å². The Morgan fingerprint density at radius 2 is 2.31 bits per heavy atom. The second-order valence-electron chi connectivity index (χ2n) is 2.91. The summed E-state index contributed by atoms with van der Waals surface area (Å²) in [6.45, 7) is 0. The molecule has 0 unspecified atom stereocenters. The molecule has 0 saturated heterocycles. The van der Waals surface area contributed by atoms with E-state index in [-0.39, 0.29) is 0 Å². The topological polar surface area (TPSA) is 9.23 Å². The van der Waals surface area contributed by atoms with Gasteiger partial charge in [0, 0.05) is 5.56 Å². The predicted molar refractivity (Wildman–Crippen MR) is 57.7 cm³/mol. The maximum atomic E-state index is 5.00. The highest BCUT2D eigenvalue weighted by Crippen LogP contribution is 2.20. The van der Waals surface area contributed by atoms with Gasteiger partial charge in [0.1, 0.15) is 0 Å². The van der Waals surface area contributed by atoms with E-state index in [1.54, 1.807) is 0 Å². The molecule has 1 aliphatic rings. The lowest BCUT2D eigenvalue weighted by molar-refractivity contribution is 0.632. The second-order valence-corrected chi connectivity index (χ2v) is 3.48. The van der Waals surface area contributed by atoms with Crippen LogP contribution in [0.2, 0.25) is 0 Å². The third kappa shape index (κ3) is 1.57. The van der Waals surface area contributed by atoms with Crippen molar-refractivity contribution in [2.45, 2.75) is 6.42 Å². The molecule has 3 radical (unpaired) electrons. The molecule has 0 spiro atoms. The van der Waals surface area contributed by atoms with E-state index in [1.807, 2.05) is 12.1 Å². The molecular weight excluding hydrogens is 196 g/mol. The summed E-state index contributed by atoms with van der Waals surface area (Å²) >= 11 is 5.00. The fourth-order valence-electron chi connectivity index (χ4n) is 1.43. The van der Waals surface area contributed by atoms with Crippen LogP contribution in [0.5, 0.6) is 0 Å². The van der Waals surface area contributed by atoms with Crippen LogP contribution in [0, 0.1) is 0 Å². The van der Waals surface area contributed by atoms with Crippen LogP contribution in [0.15, 0.2) is 24.3 Å². The van der Waals surface area contributed by atoms with Gasteiger partial charge in [-0.3, -0.25) is 0 Å². The van der Waals surface area contributed by atoms with Gasteiger partial charge in [0.25, 0.3) is 0 Å². The fourth-order valence-corrected chi connectivity index (χ4v) is 1.68. The zero-order valence-electron chi connectivity index (χ0n) is 6.91. The van der Waals surface area contributed by atoms with Crippen molar-refractivity contribution in [2.24, 2.45) is 0 Å². The maximum Gasteiger partial charge on any atom is 0.342 e. The van der Waals surface area contributed by atoms with E-state index in [1.165, 1.54) is 11.1 Å². The molecule has 0 amide bonds. The zero-order valence-corrected chi connectivity index (χ0v) is 8.73. The Balaban J connectivity index is 2.40. The first-order valence-corrected chi connectivity index (χ1v) is 4.80. The lowest BCUT2D eigenvalue weighted by Crippen LogP contribution is -2.00. The van der Waals surface area contributed by atoms with Crippen molar-refractivity contribution in [1.29, 1.82) is 0 Å². The van der Waals surface area contributed by atoms with E-state index in [4.69, 9.17) is 16.6 Å². The first kappa shape index (κ1) is 8.66. The Labute approximate surface area is 86.0 Å². The number of benzene rings is 1. The van der Waals surface area contributed by atoms with Crippen LogP contribution in [-0.2, 0) is 10.8 Å². The van der Waals surface area contributed by atoms with E-state index in [0.717, 1.165) is 12.0 Å². The minimum Gasteiger partial charge on any atom is -0.533 e. The molecule has 0 heterocycles. The molecule has 0 atom stereocenters. The van der Waals surface area contributed by atoms with Gasteiger partial charge in [0.2, 0.25) is 0 Å². The van der Waals surface area contributed by atoms with Crippen molar-refractivity contribution < 1.29 is 4.43 Å². The van der Waals surface area contributed by atoms with Gasteiger partial charge in [-0.2, -0.15) is 0 Å². The van der Waals surface area contributed by atoms with Crippen LogP contribution >= 0.6 is 12.2 Å². The molecular formula is C10H7OSSi. The molecule has 0 bridgehead atoms. The lowest BCUT2D eigenvalue weighted by atomic mass is 10.1. The van der Waals surface area contributed by atoms with Crippen molar-refractivity contribution in [2.75, 3.05) is 0 Å². The molecule has 0 aliphatic heterocycles. The summed E-state index contributed by atoms with van der Waals surface area (Å²) < 4.78 is 4.81. The van der Waals surface area contributed by atoms with E-state index in [9.17, 15) is 0 Å². The van der Waals surface area contributed by atoms with Crippen LogP contribution in [0.4, 0.5) is 0 Å². The highest BCUT2D eigenvalue weighted by Gasteiger charge is 2.07. The van der Waals surface area contributed by atoms with E-state index in [2.05, 4.69) is 28.7 Å². The molecule has 0 saturated carbocycles. The molecule has 63 valence electrons. The molecule has 1 aliphatic carbocycles. The molecule has 1 nitrogen and oxygen atoms in total. The van der Waals surface area contributed by atoms with Crippen LogP contribution in [0.3, 0.4) is 0 Å². The van der Waals surface area contributed by atoms with Crippen molar-refractivity contribution in [3.05, 3.63) is 41.0 Å². The normalized spacial score (nSPS) is 12.7. The average Bonchev–Trinajstić information content (AvgIpc) is 2.63. The predicted octanol–water partition coefficient (Wildman–Crippen LogP) is 2.03. The Morgan fingerprint density at radius 3 is 3.08 bits per heavy atom. The van der Waals surface area contributed by atoms with Crippen LogP contribution in [0.1, 0.15) is 16.7 Å². The standard InChI is InChI=1S/C10H7OSSi/c12-10(11-13)9-5-4-7-2-1-3-8(7)6-9/h1,3-6H,2H2. The maximum absolute atomic E-state index is 5.00. The third-order valence-corrected chi connectivity index (χ3v) is 2.78. The van der Waals surface area contributed by atoms with Crippen molar-refractivity contribution in [3.63, 3.8) is 0 Å². The van der Waals surface area contributed by atoms with Gasteiger partial charge >= 0.3 is 10.5 Å². The Hall–Kier alpha value is -0.933. The molecule has 0 N–H and O–H groups in total. The van der Waals surface area contributed by atoms with E-state index >= 15 is 0 Å². The zero-order chi connectivity index (χ0) is 9.26. The number of thiocarbonyl (C=S) groups is 1.